The smallest absolute Gasteiger partial charge is 0.393 e. The van der Waals surface area contributed by atoms with Crippen LogP contribution in [0.3, 0.4) is 0 Å². The van der Waals surface area contributed by atoms with Crippen LogP contribution >= 0.6 is 0 Å². The summed E-state index contributed by atoms with van der Waals surface area (Å²) in [5.41, 5.74) is -10.2. The van der Waals surface area contributed by atoms with Gasteiger partial charge in [0.05, 0.1) is 0 Å². The maximum absolute atomic E-state index is 14.1. The first-order chi connectivity index (χ1) is 14.8. The third-order valence-corrected chi connectivity index (χ3v) is 4.60. The first kappa shape index (κ1) is 30.9. The van der Waals surface area contributed by atoms with E-state index in [0.29, 0.717) is 6.92 Å². The molecule has 1 rings (SSSR count). The van der Waals surface area contributed by atoms with Crippen LogP contribution in [0.15, 0.2) is 12.2 Å². The van der Waals surface area contributed by atoms with Gasteiger partial charge in [-0.1, -0.05) is 6.58 Å². The van der Waals surface area contributed by atoms with Crippen LogP contribution in [0.4, 0.5) is 83.4 Å². The number of carbonyl (C=O) groups is 1. The standard InChI is InChI=1S/C14H5F19O2/c1-3(2)4(34)35-14(32,33)13(30,31)12(28,29)11(26,27)8(20,21)5(15)6(16,17)9(22,23)10(24,25)7(5,18)19/h1H2,2H3. The van der Waals surface area contributed by atoms with E-state index in [1.165, 1.54) is 0 Å². The number of alkyl halides is 19. The van der Waals surface area contributed by atoms with Crippen LogP contribution in [0.5, 0.6) is 0 Å². The summed E-state index contributed by atoms with van der Waals surface area (Å²) in [5, 5.41) is 0. The van der Waals surface area contributed by atoms with Crippen LogP contribution in [0, 0.1) is 0 Å². The normalized spacial score (nSPS) is 23.7. The molecule has 1 aliphatic carbocycles. The highest BCUT2D eigenvalue weighted by atomic mass is 19.4. The van der Waals surface area contributed by atoms with Crippen molar-refractivity contribution in [2.45, 2.75) is 66.1 Å². The van der Waals surface area contributed by atoms with Crippen LogP contribution in [0.1, 0.15) is 6.92 Å². The molecule has 21 heteroatoms. The molecular weight excluding hydrogens is 561 g/mol. The Morgan fingerprint density at radius 1 is 0.600 bits per heavy atom. The van der Waals surface area contributed by atoms with Crippen molar-refractivity contribution in [3.8, 4) is 0 Å². The Labute approximate surface area is 178 Å². The van der Waals surface area contributed by atoms with Gasteiger partial charge in [-0.25, -0.2) is 9.18 Å². The van der Waals surface area contributed by atoms with Crippen LogP contribution in [0.25, 0.3) is 0 Å². The van der Waals surface area contributed by atoms with E-state index in [1.54, 1.807) is 0 Å². The lowest BCUT2D eigenvalue weighted by Crippen LogP contribution is -2.77. The first-order valence-corrected chi connectivity index (χ1v) is 7.81. The number of hydrogen-bond donors (Lipinski definition) is 0. The minimum absolute atomic E-state index is 0.328. The molecule has 206 valence electrons. The van der Waals surface area contributed by atoms with E-state index in [0.717, 1.165) is 0 Å². The molecule has 0 heterocycles. The van der Waals surface area contributed by atoms with E-state index in [9.17, 15) is 88.2 Å². The zero-order valence-corrected chi connectivity index (χ0v) is 15.7. The maximum atomic E-state index is 14.1. The lowest BCUT2D eigenvalue weighted by atomic mass is 9.81. The maximum Gasteiger partial charge on any atom is 0.473 e. The second-order valence-corrected chi connectivity index (χ2v) is 6.94. The number of halogens is 19. The van der Waals surface area contributed by atoms with Gasteiger partial charge in [0, 0.05) is 5.57 Å². The topological polar surface area (TPSA) is 26.3 Å². The van der Waals surface area contributed by atoms with Gasteiger partial charge in [0.25, 0.3) is 0 Å². The van der Waals surface area contributed by atoms with Crippen molar-refractivity contribution < 1.29 is 92.9 Å². The van der Waals surface area contributed by atoms with Crippen LogP contribution in [-0.2, 0) is 9.53 Å². The van der Waals surface area contributed by atoms with Crippen molar-refractivity contribution in [2.75, 3.05) is 0 Å². The summed E-state index contributed by atoms with van der Waals surface area (Å²) >= 11 is 0. The molecule has 0 saturated heterocycles. The quantitative estimate of drug-likeness (QED) is 0.200. The van der Waals surface area contributed by atoms with E-state index >= 15 is 0 Å². The molecule has 0 radical (unpaired) electrons. The number of carbonyl (C=O) groups excluding carboxylic acids is 1. The zero-order chi connectivity index (χ0) is 28.9. The molecule has 2 nitrogen and oxygen atoms in total. The lowest BCUT2D eigenvalue weighted by molar-refractivity contribution is -0.459. The van der Waals surface area contributed by atoms with Crippen molar-refractivity contribution in [3.63, 3.8) is 0 Å². The summed E-state index contributed by atoms with van der Waals surface area (Å²) in [6, 6.07) is 0. The van der Waals surface area contributed by atoms with Crippen molar-refractivity contribution >= 4 is 5.97 Å². The number of ether oxygens (including phenoxy) is 1. The average molecular weight is 566 g/mol. The molecule has 1 fully saturated rings. The summed E-state index contributed by atoms with van der Waals surface area (Å²) < 4.78 is 258. The molecule has 0 aromatic rings. The molecule has 0 atom stereocenters. The Morgan fingerprint density at radius 3 is 1.20 bits per heavy atom. The summed E-state index contributed by atoms with van der Waals surface area (Å²) in [7, 11) is 0. The van der Waals surface area contributed by atoms with Crippen molar-refractivity contribution in [3.05, 3.63) is 12.2 Å². The second-order valence-electron chi connectivity index (χ2n) is 6.94. The van der Waals surface area contributed by atoms with Crippen molar-refractivity contribution in [1.29, 1.82) is 0 Å². The SMILES string of the molecule is C=C(C)C(=O)OC(F)(F)C(F)(F)C(F)(F)C(F)(F)C(F)(F)C1(F)C(F)(F)C(F)(F)C(F)(F)C1(F)F. The van der Waals surface area contributed by atoms with E-state index in [1.807, 2.05) is 0 Å². The highest BCUT2D eigenvalue weighted by Gasteiger charge is 3.09. The van der Waals surface area contributed by atoms with E-state index in [4.69, 9.17) is 0 Å². The molecule has 35 heavy (non-hydrogen) atoms. The van der Waals surface area contributed by atoms with Crippen LogP contribution in [-0.4, -0.2) is 65.1 Å². The van der Waals surface area contributed by atoms with Crippen molar-refractivity contribution in [1.82, 2.24) is 0 Å². The Hall–Kier alpha value is -2.12. The third kappa shape index (κ3) is 3.03. The highest BCUT2D eigenvalue weighted by molar-refractivity contribution is 5.87. The minimum atomic E-state index is -9.10. The average Bonchev–Trinajstić information content (AvgIpc) is 2.69. The fraction of sp³-hybridized carbons (Fsp3) is 0.786. The number of esters is 1. The van der Waals surface area contributed by atoms with Gasteiger partial charge in [-0.15, -0.1) is 0 Å². The second kappa shape index (κ2) is 7.22. The summed E-state index contributed by atoms with van der Waals surface area (Å²) in [4.78, 5) is 10.8. The molecule has 0 aliphatic heterocycles. The summed E-state index contributed by atoms with van der Waals surface area (Å²) in [5.74, 6) is -71.0. The Kier molecular flexibility index (Phi) is 6.38. The fourth-order valence-corrected chi connectivity index (χ4v) is 2.48. The molecule has 0 aromatic heterocycles. The van der Waals surface area contributed by atoms with Gasteiger partial charge in [-0.3, -0.25) is 0 Å². The van der Waals surface area contributed by atoms with Crippen molar-refractivity contribution in [2.24, 2.45) is 0 Å². The van der Waals surface area contributed by atoms with Gasteiger partial charge in [0.1, 0.15) is 0 Å². The monoisotopic (exact) mass is 566 g/mol. The van der Waals surface area contributed by atoms with Gasteiger partial charge >= 0.3 is 65.1 Å². The minimum Gasteiger partial charge on any atom is -0.393 e. The molecule has 0 N–H and O–H groups in total. The first-order valence-electron chi connectivity index (χ1n) is 7.81. The van der Waals surface area contributed by atoms with Crippen LogP contribution in [0.2, 0.25) is 0 Å². The number of rotatable bonds is 7. The Morgan fingerprint density at radius 2 is 0.914 bits per heavy atom. The largest absolute Gasteiger partial charge is 0.473 e. The van der Waals surface area contributed by atoms with E-state index < -0.39 is 70.7 Å². The van der Waals surface area contributed by atoms with Gasteiger partial charge < -0.3 is 4.74 Å². The van der Waals surface area contributed by atoms with Gasteiger partial charge in [-0.05, 0) is 6.92 Å². The van der Waals surface area contributed by atoms with Crippen LogP contribution < -0.4 is 0 Å². The van der Waals surface area contributed by atoms with Gasteiger partial charge in [0.2, 0.25) is 0 Å². The van der Waals surface area contributed by atoms with Gasteiger partial charge in [0.15, 0.2) is 0 Å². The Balaban J connectivity index is 3.91. The Bertz CT molecular complexity index is 875. The van der Waals surface area contributed by atoms with E-state index in [2.05, 4.69) is 11.3 Å². The molecule has 0 bridgehead atoms. The summed E-state index contributed by atoms with van der Waals surface area (Å²) in [6.07, 6.45) is -7.37. The number of hydrogen-bond acceptors (Lipinski definition) is 2. The predicted molar refractivity (Wildman–Crippen MR) is 69.3 cm³/mol. The molecule has 0 aromatic carbocycles. The molecule has 0 amide bonds. The molecule has 0 spiro atoms. The van der Waals surface area contributed by atoms with E-state index in [-0.39, 0.29) is 0 Å². The lowest BCUT2D eigenvalue weighted by Gasteiger charge is -2.44. The molecular formula is C14H5F19O2. The van der Waals surface area contributed by atoms with Gasteiger partial charge in [-0.2, -0.15) is 79.0 Å². The molecule has 0 unspecified atom stereocenters. The molecule has 1 aliphatic rings. The highest BCUT2D eigenvalue weighted by Crippen LogP contribution is 2.75. The third-order valence-electron chi connectivity index (χ3n) is 4.60. The predicted octanol–water partition coefficient (Wildman–Crippen LogP) is 6.50. The zero-order valence-electron chi connectivity index (χ0n) is 15.7. The summed E-state index contributed by atoms with van der Waals surface area (Å²) in [6.45, 7) is 2.75. The fourth-order valence-electron chi connectivity index (χ4n) is 2.48. The molecule has 1 saturated carbocycles.